The highest BCUT2D eigenvalue weighted by atomic mass is 32.2. The summed E-state index contributed by atoms with van der Waals surface area (Å²) >= 11 is 1.51. The van der Waals surface area contributed by atoms with Crippen molar-refractivity contribution in [2.24, 2.45) is 0 Å². The molecular formula is C23H22N6O2S. The summed E-state index contributed by atoms with van der Waals surface area (Å²) in [7, 11) is 0. The topological polar surface area (TPSA) is 94.8 Å². The number of tetrazole rings is 1. The second-order valence-electron chi connectivity index (χ2n) is 6.71. The zero-order valence-electron chi connectivity index (χ0n) is 17.5. The van der Waals surface area contributed by atoms with E-state index in [1.807, 2.05) is 73.7 Å². The number of para-hydroxylation sites is 1. The molecule has 0 aliphatic rings. The lowest BCUT2D eigenvalue weighted by atomic mass is 10.2. The molecule has 0 aliphatic carbocycles. The van der Waals surface area contributed by atoms with E-state index in [0.717, 1.165) is 16.1 Å². The fourth-order valence-electron chi connectivity index (χ4n) is 3.08. The number of aromatic nitrogens is 5. The van der Waals surface area contributed by atoms with Gasteiger partial charge in [-0.2, -0.15) is 4.68 Å². The predicted molar refractivity (Wildman–Crippen MR) is 122 cm³/mol. The number of pyridine rings is 1. The molecule has 2 heterocycles. The van der Waals surface area contributed by atoms with E-state index in [4.69, 9.17) is 4.74 Å². The second-order valence-corrected chi connectivity index (χ2v) is 7.73. The number of nitrogens with one attached hydrogen (secondary N) is 1. The van der Waals surface area contributed by atoms with Crippen LogP contribution in [0, 0.1) is 0 Å². The summed E-state index contributed by atoms with van der Waals surface area (Å²) in [4.78, 5) is 18.0. The molecule has 0 bridgehead atoms. The summed E-state index contributed by atoms with van der Waals surface area (Å²) in [6, 6.07) is 20.9. The predicted octanol–water partition coefficient (Wildman–Crippen LogP) is 3.68. The van der Waals surface area contributed by atoms with Crippen LogP contribution in [-0.2, 0) is 12.3 Å². The third-order valence-corrected chi connectivity index (χ3v) is 5.66. The van der Waals surface area contributed by atoms with Crippen LogP contribution in [0.2, 0.25) is 0 Å². The van der Waals surface area contributed by atoms with Gasteiger partial charge in [-0.1, -0.05) is 36.4 Å². The Morgan fingerprint density at radius 2 is 1.88 bits per heavy atom. The molecule has 0 spiro atoms. The number of rotatable bonds is 9. The quantitative estimate of drug-likeness (QED) is 0.392. The highest BCUT2D eigenvalue weighted by Gasteiger charge is 2.15. The van der Waals surface area contributed by atoms with Crippen LogP contribution in [0.3, 0.4) is 0 Å². The second kappa shape index (κ2) is 10.5. The lowest BCUT2D eigenvalue weighted by molar-refractivity contribution is 0.0947. The van der Waals surface area contributed by atoms with Crippen molar-refractivity contribution in [1.29, 1.82) is 0 Å². The molecule has 162 valence electrons. The summed E-state index contributed by atoms with van der Waals surface area (Å²) in [5, 5.41) is 15.0. The minimum Gasteiger partial charge on any atom is -0.478 e. The number of ether oxygens (including phenoxy) is 1. The fourth-order valence-corrected chi connectivity index (χ4v) is 4.04. The number of carbonyl (C=O) groups excluding carboxylic acids is 1. The first-order chi connectivity index (χ1) is 15.8. The number of carbonyl (C=O) groups is 1. The van der Waals surface area contributed by atoms with Gasteiger partial charge in [0.15, 0.2) is 5.82 Å². The zero-order valence-corrected chi connectivity index (χ0v) is 18.3. The maximum absolute atomic E-state index is 12.9. The van der Waals surface area contributed by atoms with Crippen LogP contribution in [-0.4, -0.2) is 37.7 Å². The van der Waals surface area contributed by atoms with Crippen molar-refractivity contribution >= 4 is 17.7 Å². The molecule has 0 unspecified atom stereocenters. The monoisotopic (exact) mass is 446 g/mol. The van der Waals surface area contributed by atoms with Gasteiger partial charge >= 0.3 is 0 Å². The molecule has 4 rings (SSSR count). The van der Waals surface area contributed by atoms with Gasteiger partial charge in [0, 0.05) is 23.2 Å². The van der Waals surface area contributed by atoms with Crippen molar-refractivity contribution in [2.75, 3.05) is 6.61 Å². The zero-order chi connectivity index (χ0) is 22.2. The standard InChI is InChI=1S/C23H22N6O2S/c1-2-31-23-17(9-8-14-24-23)15-25-22(30)19-12-6-7-13-20(19)32-16-21-26-27-28-29(21)18-10-4-3-5-11-18/h3-14H,2,15-16H2,1H3,(H,25,30). The van der Waals surface area contributed by atoms with Crippen LogP contribution in [0.5, 0.6) is 5.88 Å². The highest BCUT2D eigenvalue weighted by Crippen LogP contribution is 2.26. The first-order valence-electron chi connectivity index (χ1n) is 10.2. The molecule has 8 nitrogen and oxygen atoms in total. The molecule has 0 radical (unpaired) electrons. The van der Waals surface area contributed by atoms with E-state index < -0.39 is 0 Å². The van der Waals surface area contributed by atoms with Gasteiger partial charge < -0.3 is 10.1 Å². The van der Waals surface area contributed by atoms with Crippen LogP contribution in [0.15, 0.2) is 77.8 Å². The first kappa shape index (κ1) is 21.5. The van der Waals surface area contributed by atoms with Crippen LogP contribution >= 0.6 is 11.8 Å². The van der Waals surface area contributed by atoms with Gasteiger partial charge in [-0.05, 0) is 47.7 Å². The molecule has 1 amide bonds. The number of hydrogen-bond donors (Lipinski definition) is 1. The average Bonchev–Trinajstić information content (AvgIpc) is 3.32. The number of thioether (sulfide) groups is 1. The van der Waals surface area contributed by atoms with Crippen LogP contribution in [0.4, 0.5) is 0 Å². The van der Waals surface area contributed by atoms with Crippen molar-refractivity contribution in [3.63, 3.8) is 0 Å². The Hall–Kier alpha value is -3.72. The lowest BCUT2D eigenvalue weighted by Crippen LogP contribution is -2.24. The van der Waals surface area contributed by atoms with Gasteiger partial charge in [0.05, 0.1) is 23.6 Å². The van der Waals surface area contributed by atoms with Crippen molar-refractivity contribution < 1.29 is 9.53 Å². The lowest BCUT2D eigenvalue weighted by Gasteiger charge is -2.12. The number of benzene rings is 2. The van der Waals surface area contributed by atoms with E-state index in [-0.39, 0.29) is 5.91 Å². The Morgan fingerprint density at radius 1 is 1.06 bits per heavy atom. The Labute approximate surface area is 190 Å². The summed E-state index contributed by atoms with van der Waals surface area (Å²) in [5.74, 6) is 1.59. The number of hydrogen-bond acceptors (Lipinski definition) is 7. The van der Waals surface area contributed by atoms with E-state index in [0.29, 0.717) is 36.2 Å². The van der Waals surface area contributed by atoms with Crippen LogP contribution in [0.1, 0.15) is 28.7 Å². The van der Waals surface area contributed by atoms with E-state index in [1.165, 1.54) is 11.8 Å². The molecule has 9 heteroatoms. The van der Waals surface area contributed by atoms with Crippen LogP contribution < -0.4 is 10.1 Å². The van der Waals surface area contributed by atoms with Gasteiger partial charge in [-0.25, -0.2) is 4.98 Å². The van der Waals surface area contributed by atoms with E-state index in [9.17, 15) is 4.79 Å². The summed E-state index contributed by atoms with van der Waals surface area (Å²) in [6.45, 7) is 2.74. The summed E-state index contributed by atoms with van der Waals surface area (Å²) in [6.07, 6.45) is 1.67. The first-order valence-corrected chi connectivity index (χ1v) is 11.1. The Balaban J connectivity index is 1.45. The van der Waals surface area contributed by atoms with E-state index in [2.05, 4.69) is 25.8 Å². The minimum absolute atomic E-state index is 0.165. The molecule has 0 saturated heterocycles. The van der Waals surface area contributed by atoms with Gasteiger partial charge in [0.25, 0.3) is 5.91 Å². The Bertz CT molecular complexity index is 1180. The average molecular weight is 447 g/mol. The normalized spacial score (nSPS) is 10.7. The molecule has 0 aliphatic heterocycles. The maximum atomic E-state index is 12.9. The Kier molecular flexibility index (Phi) is 7.08. The van der Waals surface area contributed by atoms with Crippen molar-refractivity contribution in [3.05, 3.63) is 89.9 Å². The SMILES string of the molecule is CCOc1ncccc1CNC(=O)c1ccccc1SCc1nnnn1-c1ccccc1. The van der Waals surface area contributed by atoms with Crippen molar-refractivity contribution in [1.82, 2.24) is 30.5 Å². The molecule has 0 fully saturated rings. The van der Waals surface area contributed by atoms with Crippen molar-refractivity contribution in [3.8, 4) is 11.6 Å². The van der Waals surface area contributed by atoms with E-state index in [1.54, 1.807) is 10.9 Å². The Morgan fingerprint density at radius 3 is 2.72 bits per heavy atom. The van der Waals surface area contributed by atoms with Gasteiger partial charge in [-0.3, -0.25) is 4.79 Å². The third kappa shape index (κ3) is 5.12. The fraction of sp³-hybridized carbons (Fsp3) is 0.174. The van der Waals surface area contributed by atoms with Gasteiger partial charge in [-0.15, -0.1) is 16.9 Å². The van der Waals surface area contributed by atoms with Gasteiger partial charge in [0.2, 0.25) is 5.88 Å². The molecule has 2 aromatic carbocycles. The molecule has 4 aromatic rings. The maximum Gasteiger partial charge on any atom is 0.252 e. The molecule has 1 N–H and O–H groups in total. The molecule has 2 aromatic heterocycles. The summed E-state index contributed by atoms with van der Waals surface area (Å²) < 4.78 is 7.24. The van der Waals surface area contributed by atoms with Gasteiger partial charge in [0.1, 0.15) is 0 Å². The van der Waals surface area contributed by atoms with Crippen LogP contribution in [0.25, 0.3) is 5.69 Å². The molecular weight excluding hydrogens is 424 g/mol. The molecule has 0 saturated carbocycles. The molecule has 32 heavy (non-hydrogen) atoms. The van der Waals surface area contributed by atoms with E-state index >= 15 is 0 Å². The third-order valence-electron chi connectivity index (χ3n) is 4.59. The smallest absolute Gasteiger partial charge is 0.252 e. The highest BCUT2D eigenvalue weighted by molar-refractivity contribution is 7.98. The largest absolute Gasteiger partial charge is 0.478 e. The minimum atomic E-state index is -0.165. The summed E-state index contributed by atoms with van der Waals surface area (Å²) in [5.41, 5.74) is 2.31. The molecule has 0 atom stereocenters. The number of nitrogens with zero attached hydrogens (tertiary/aromatic N) is 5. The number of amides is 1. The van der Waals surface area contributed by atoms with Crippen molar-refractivity contribution in [2.45, 2.75) is 24.1 Å².